The summed E-state index contributed by atoms with van der Waals surface area (Å²) in [4.78, 5) is -0.248. The molecule has 0 heterocycles. The van der Waals surface area contributed by atoms with E-state index in [2.05, 4.69) is 10.2 Å². The summed E-state index contributed by atoms with van der Waals surface area (Å²) in [6, 6.07) is 12.8. The van der Waals surface area contributed by atoms with Crippen LogP contribution in [0.5, 0.6) is 11.5 Å². The van der Waals surface area contributed by atoms with Crippen molar-refractivity contribution in [3.05, 3.63) is 54.6 Å². The molecule has 0 unspecified atom stereocenters. The third kappa shape index (κ3) is 3.19. The van der Waals surface area contributed by atoms with E-state index in [0.717, 1.165) is 0 Å². The highest BCUT2D eigenvalue weighted by Gasteiger charge is 2.13. The largest absolute Gasteiger partial charge is 0.508 e. The second kappa shape index (κ2) is 5.91. The first-order chi connectivity index (χ1) is 11.3. The molecule has 3 aromatic rings. The summed E-state index contributed by atoms with van der Waals surface area (Å²) >= 11 is 0. The molecule has 3 rings (SSSR count). The van der Waals surface area contributed by atoms with Crippen molar-refractivity contribution in [3.8, 4) is 11.5 Å². The maximum atomic E-state index is 11.2. The van der Waals surface area contributed by atoms with E-state index in [1.165, 1.54) is 42.5 Å². The van der Waals surface area contributed by atoms with Crippen LogP contribution in [0.3, 0.4) is 0 Å². The Kier molecular flexibility index (Phi) is 3.92. The average Bonchev–Trinajstić information content (AvgIpc) is 2.54. The first-order valence-electron chi connectivity index (χ1n) is 6.78. The Morgan fingerprint density at radius 2 is 1.54 bits per heavy atom. The van der Waals surface area contributed by atoms with E-state index in [0.29, 0.717) is 16.5 Å². The Morgan fingerprint density at radius 3 is 2.21 bits per heavy atom. The predicted molar refractivity (Wildman–Crippen MR) is 87.7 cm³/mol. The monoisotopic (exact) mass is 344 g/mol. The lowest BCUT2D eigenvalue weighted by Crippen LogP contribution is -1.97. The minimum atomic E-state index is -4.32. The number of phenols is 2. The fourth-order valence-corrected chi connectivity index (χ4v) is 2.69. The molecule has 0 atom stereocenters. The van der Waals surface area contributed by atoms with Crippen LogP contribution in [0.2, 0.25) is 0 Å². The molecule has 0 bridgehead atoms. The Hall–Kier alpha value is -2.97. The van der Waals surface area contributed by atoms with Crippen molar-refractivity contribution >= 4 is 32.3 Å². The van der Waals surface area contributed by atoms with Crippen LogP contribution in [0.15, 0.2) is 69.7 Å². The second-order valence-electron chi connectivity index (χ2n) is 5.01. The molecular formula is C16H12N2O5S. The van der Waals surface area contributed by atoms with Gasteiger partial charge in [0.05, 0.1) is 10.6 Å². The van der Waals surface area contributed by atoms with Gasteiger partial charge < -0.3 is 10.2 Å². The van der Waals surface area contributed by atoms with Gasteiger partial charge in [0.25, 0.3) is 10.1 Å². The third-order valence-electron chi connectivity index (χ3n) is 3.35. The highest BCUT2D eigenvalue weighted by molar-refractivity contribution is 7.85. The van der Waals surface area contributed by atoms with Crippen LogP contribution < -0.4 is 0 Å². The molecule has 0 saturated heterocycles. The molecule has 3 aromatic carbocycles. The van der Waals surface area contributed by atoms with Crippen LogP contribution in [0.4, 0.5) is 11.4 Å². The zero-order chi connectivity index (χ0) is 17.3. The van der Waals surface area contributed by atoms with Gasteiger partial charge in [0, 0.05) is 5.39 Å². The number of hydrogen-bond donors (Lipinski definition) is 3. The fraction of sp³-hybridized carbons (Fsp3) is 0. The van der Waals surface area contributed by atoms with Gasteiger partial charge in [-0.1, -0.05) is 12.1 Å². The van der Waals surface area contributed by atoms with E-state index >= 15 is 0 Å². The van der Waals surface area contributed by atoms with Gasteiger partial charge in [-0.05, 0) is 47.9 Å². The van der Waals surface area contributed by atoms with Crippen molar-refractivity contribution < 1.29 is 23.2 Å². The molecule has 0 aromatic heterocycles. The molecule has 0 aliphatic heterocycles. The van der Waals surface area contributed by atoms with E-state index < -0.39 is 10.1 Å². The van der Waals surface area contributed by atoms with Crippen LogP contribution in [0, 0.1) is 0 Å². The number of fused-ring (bicyclic) bond motifs is 1. The van der Waals surface area contributed by atoms with E-state index in [4.69, 9.17) is 4.55 Å². The SMILES string of the molecule is O=S(=O)(O)c1ccc2c(/N=N/c3ccc(O)cc3)c(O)ccc2c1. The molecule has 0 aliphatic rings. The van der Waals surface area contributed by atoms with Gasteiger partial charge in [-0.2, -0.15) is 13.5 Å². The molecule has 0 fully saturated rings. The molecular weight excluding hydrogens is 332 g/mol. The number of hydrogen-bond acceptors (Lipinski definition) is 6. The van der Waals surface area contributed by atoms with E-state index in [-0.39, 0.29) is 22.1 Å². The molecule has 122 valence electrons. The Morgan fingerprint density at radius 1 is 0.833 bits per heavy atom. The molecule has 0 aliphatic carbocycles. The van der Waals surface area contributed by atoms with Crippen molar-refractivity contribution in [1.82, 2.24) is 0 Å². The summed E-state index contributed by atoms with van der Waals surface area (Å²) in [5.41, 5.74) is 0.640. The molecule has 7 nitrogen and oxygen atoms in total. The molecule has 0 amide bonds. The van der Waals surface area contributed by atoms with Crippen molar-refractivity contribution in [2.24, 2.45) is 10.2 Å². The standard InChI is InChI=1S/C16H12N2O5S/c19-12-4-2-11(3-5-12)17-18-16-14-7-6-13(24(21,22)23)9-10(14)1-8-15(16)20/h1-9,19-20H,(H,21,22,23)/b18-17+. The van der Waals surface area contributed by atoms with Crippen LogP contribution in [0.25, 0.3) is 10.8 Å². The first kappa shape index (κ1) is 15.9. The first-order valence-corrected chi connectivity index (χ1v) is 8.22. The maximum Gasteiger partial charge on any atom is 0.294 e. The quantitative estimate of drug-likeness (QED) is 0.491. The highest BCUT2D eigenvalue weighted by atomic mass is 32.2. The summed E-state index contributed by atoms with van der Waals surface area (Å²) in [5.74, 6) is -0.0238. The fourth-order valence-electron chi connectivity index (χ4n) is 2.17. The summed E-state index contributed by atoms with van der Waals surface area (Å²) in [7, 11) is -4.32. The number of aromatic hydroxyl groups is 2. The highest BCUT2D eigenvalue weighted by Crippen LogP contribution is 2.37. The topological polar surface area (TPSA) is 120 Å². The van der Waals surface area contributed by atoms with Gasteiger partial charge in [-0.25, -0.2) is 0 Å². The lowest BCUT2D eigenvalue weighted by atomic mass is 10.1. The molecule has 3 N–H and O–H groups in total. The Bertz CT molecular complexity index is 1040. The number of benzene rings is 3. The van der Waals surface area contributed by atoms with Crippen LogP contribution in [0.1, 0.15) is 0 Å². The summed E-state index contributed by atoms with van der Waals surface area (Å²) < 4.78 is 31.5. The van der Waals surface area contributed by atoms with Gasteiger partial charge in [-0.3, -0.25) is 4.55 Å². The number of nitrogens with zero attached hydrogens (tertiary/aromatic N) is 2. The molecule has 24 heavy (non-hydrogen) atoms. The summed E-state index contributed by atoms with van der Waals surface area (Å²) in [6.07, 6.45) is 0. The predicted octanol–water partition coefficient (Wildman–Crippen LogP) is 3.91. The lowest BCUT2D eigenvalue weighted by molar-refractivity contribution is 0.475. The van der Waals surface area contributed by atoms with Crippen molar-refractivity contribution in [2.75, 3.05) is 0 Å². The Balaban J connectivity index is 2.10. The van der Waals surface area contributed by atoms with Gasteiger partial charge in [-0.15, -0.1) is 5.11 Å². The van der Waals surface area contributed by atoms with Gasteiger partial charge in [0.15, 0.2) is 0 Å². The zero-order valence-corrected chi connectivity index (χ0v) is 13.0. The van der Waals surface area contributed by atoms with Crippen molar-refractivity contribution in [3.63, 3.8) is 0 Å². The number of azo groups is 1. The van der Waals surface area contributed by atoms with Gasteiger partial charge in [0.1, 0.15) is 17.2 Å². The molecule has 0 radical (unpaired) electrons. The van der Waals surface area contributed by atoms with Crippen LogP contribution >= 0.6 is 0 Å². The zero-order valence-electron chi connectivity index (χ0n) is 12.2. The molecule has 0 saturated carbocycles. The number of phenolic OH excluding ortho intramolecular Hbond substituents is 2. The Labute approximate surface area is 137 Å². The normalized spacial score (nSPS) is 12.0. The maximum absolute atomic E-state index is 11.2. The van der Waals surface area contributed by atoms with Crippen LogP contribution in [-0.2, 0) is 10.1 Å². The average molecular weight is 344 g/mol. The van der Waals surface area contributed by atoms with Gasteiger partial charge in [0.2, 0.25) is 0 Å². The molecule has 0 spiro atoms. The van der Waals surface area contributed by atoms with Crippen molar-refractivity contribution in [1.29, 1.82) is 0 Å². The van der Waals surface area contributed by atoms with Crippen molar-refractivity contribution in [2.45, 2.75) is 4.90 Å². The summed E-state index contributed by atoms with van der Waals surface area (Å²) in [6.45, 7) is 0. The smallest absolute Gasteiger partial charge is 0.294 e. The number of rotatable bonds is 3. The van der Waals surface area contributed by atoms with Gasteiger partial charge >= 0.3 is 0 Å². The molecule has 8 heteroatoms. The third-order valence-corrected chi connectivity index (χ3v) is 4.20. The van der Waals surface area contributed by atoms with E-state index in [1.54, 1.807) is 12.1 Å². The summed E-state index contributed by atoms with van der Waals surface area (Å²) in [5, 5.41) is 28.2. The minimum Gasteiger partial charge on any atom is -0.508 e. The second-order valence-corrected chi connectivity index (χ2v) is 6.43. The minimum absolute atomic E-state index is 0.0969. The van der Waals surface area contributed by atoms with E-state index in [9.17, 15) is 18.6 Å². The van der Waals surface area contributed by atoms with E-state index in [1.807, 2.05) is 0 Å². The van der Waals surface area contributed by atoms with Crippen LogP contribution in [-0.4, -0.2) is 23.2 Å². The lowest BCUT2D eigenvalue weighted by Gasteiger charge is -2.05.